The van der Waals surface area contributed by atoms with Gasteiger partial charge in [0, 0.05) is 24.9 Å². The third-order valence-corrected chi connectivity index (χ3v) is 4.92. The molecule has 1 saturated heterocycles. The van der Waals surface area contributed by atoms with Gasteiger partial charge in [0.05, 0.1) is 7.11 Å². The summed E-state index contributed by atoms with van der Waals surface area (Å²) in [6.07, 6.45) is 2.98. The lowest BCUT2D eigenvalue weighted by Gasteiger charge is -2.29. The van der Waals surface area contributed by atoms with E-state index in [1.54, 1.807) is 12.0 Å². The average molecular weight is 346 g/mol. The number of methoxy groups -OCH3 is 1. The highest BCUT2D eigenvalue weighted by Gasteiger charge is 2.34. The van der Waals surface area contributed by atoms with Crippen molar-refractivity contribution in [3.63, 3.8) is 0 Å². The number of hydrogen-bond acceptors (Lipinski definition) is 3. The first-order chi connectivity index (χ1) is 11.9. The Balaban J connectivity index is 1.96. The zero-order chi connectivity index (χ0) is 18.4. The molecule has 2 rings (SSSR count). The SMILES string of the molecule is CCCC(=O)N1CCCC1C(=O)NCC(C)(C)c1ccc(OC)cc1. The second-order valence-corrected chi connectivity index (χ2v) is 7.33. The smallest absolute Gasteiger partial charge is 0.242 e. The first-order valence-electron chi connectivity index (χ1n) is 9.10. The lowest BCUT2D eigenvalue weighted by Crippen LogP contribution is -2.48. The van der Waals surface area contributed by atoms with Crippen LogP contribution in [0, 0.1) is 0 Å². The molecule has 25 heavy (non-hydrogen) atoms. The molecule has 1 N–H and O–H groups in total. The van der Waals surface area contributed by atoms with Crippen molar-refractivity contribution in [2.24, 2.45) is 0 Å². The summed E-state index contributed by atoms with van der Waals surface area (Å²) in [5.74, 6) is 0.873. The number of amides is 2. The van der Waals surface area contributed by atoms with Crippen LogP contribution in [0.5, 0.6) is 5.75 Å². The highest BCUT2D eigenvalue weighted by molar-refractivity contribution is 5.88. The largest absolute Gasteiger partial charge is 0.497 e. The molecule has 5 heteroatoms. The molecule has 1 fully saturated rings. The standard InChI is InChI=1S/C20H30N2O3/c1-5-7-18(23)22-13-6-8-17(22)19(24)21-14-20(2,3)15-9-11-16(25-4)12-10-15/h9-12,17H,5-8,13-14H2,1-4H3,(H,21,24). The van der Waals surface area contributed by atoms with Crippen LogP contribution in [0.2, 0.25) is 0 Å². The van der Waals surface area contributed by atoms with Gasteiger partial charge in [-0.3, -0.25) is 9.59 Å². The van der Waals surface area contributed by atoms with Crippen LogP contribution >= 0.6 is 0 Å². The highest BCUT2D eigenvalue weighted by Crippen LogP contribution is 2.25. The van der Waals surface area contributed by atoms with Gasteiger partial charge < -0.3 is 15.0 Å². The first-order valence-corrected chi connectivity index (χ1v) is 9.10. The number of benzene rings is 1. The number of nitrogens with zero attached hydrogens (tertiary/aromatic N) is 1. The molecule has 0 bridgehead atoms. The molecule has 1 aliphatic heterocycles. The maximum atomic E-state index is 12.6. The minimum atomic E-state index is -0.314. The van der Waals surface area contributed by atoms with Gasteiger partial charge >= 0.3 is 0 Å². The van der Waals surface area contributed by atoms with Gasteiger partial charge in [-0.25, -0.2) is 0 Å². The van der Waals surface area contributed by atoms with Crippen LogP contribution in [0.4, 0.5) is 0 Å². The summed E-state index contributed by atoms with van der Waals surface area (Å²) in [6, 6.07) is 7.60. The molecular formula is C20H30N2O3. The van der Waals surface area contributed by atoms with E-state index in [4.69, 9.17) is 4.74 Å². The van der Waals surface area contributed by atoms with Crippen LogP contribution in [-0.2, 0) is 15.0 Å². The maximum Gasteiger partial charge on any atom is 0.242 e. The Bertz CT molecular complexity index is 595. The van der Waals surface area contributed by atoms with Crippen molar-refractivity contribution in [1.82, 2.24) is 10.2 Å². The van der Waals surface area contributed by atoms with Gasteiger partial charge in [0.15, 0.2) is 0 Å². The normalized spacial score (nSPS) is 17.4. The second kappa shape index (κ2) is 8.37. The van der Waals surface area contributed by atoms with E-state index in [1.807, 2.05) is 31.2 Å². The summed E-state index contributed by atoms with van der Waals surface area (Å²) in [5.41, 5.74) is 0.942. The van der Waals surface area contributed by atoms with E-state index in [0.29, 0.717) is 19.5 Å². The summed E-state index contributed by atoms with van der Waals surface area (Å²) in [5, 5.41) is 3.05. The van der Waals surface area contributed by atoms with Crippen LogP contribution in [-0.4, -0.2) is 43.0 Å². The van der Waals surface area contributed by atoms with Crippen LogP contribution < -0.4 is 10.1 Å². The monoisotopic (exact) mass is 346 g/mol. The van der Waals surface area contributed by atoms with E-state index >= 15 is 0 Å². The number of hydrogen-bond donors (Lipinski definition) is 1. The van der Waals surface area contributed by atoms with Gasteiger partial charge in [-0.1, -0.05) is 32.9 Å². The molecule has 5 nitrogen and oxygen atoms in total. The van der Waals surface area contributed by atoms with Gasteiger partial charge in [0.25, 0.3) is 0 Å². The number of rotatable bonds is 7. The minimum absolute atomic E-state index is 0.0384. The van der Waals surface area contributed by atoms with Crippen LogP contribution in [0.25, 0.3) is 0 Å². The Morgan fingerprint density at radius 3 is 2.56 bits per heavy atom. The van der Waals surface area contributed by atoms with E-state index in [0.717, 1.165) is 30.6 Å². The Morgan fingerprint density at radius 1 is 1.28 bits per heavy atom. The quantitative estimate of drug-likeness (QED) is 0.826. The molecule has 1 aromatic carbocycles. The number of carbonyl (C=O) groups excluding carboxylic acids is 2. The molecule has 1 atom stereocenters. The van der Waals surface area contributed by atoms with Crippen molar-refractivity contribution in [1.29, 1.82) is 0 Å². The van der Waals surface area contributed by atoms with E-state index in [-0.39, 0.29) is 23.3 Å². The zero-order valence-corrected chi connectivity index (χ0v) is 15.8. The summed E-state index contributed by atoms with van der Waals surface area (Å²) in [6.45, 7) is 7.41. The predicted molar refractivity (Wildman–Crippen MR) is 98.7 cm³/mol. The molecule has 0 saturated carbocycles. The molecule has 0 radical (unpaired) electrons. The van der Waals surface area contributed by atoms with Gasteiger partial charge in [0.1, 0.15) is 11.8 Å². The molecule has 1 unspecified atom stereocenters. The number of likely N-dealkylation sites (tertiary alicyclic amines) is 1. The van der Waals surface area contributed by atoms with E-state index in [2.05, 4.69) is 19.2 Å². The molecule has 1 aromatic rings. The zero-order valence-electron chi connectivity index (χ0n) is 15.8. The fourth-order valence-electron chi connectivity index (χ4n) is 3.27. The first kappa shape index (κ1) is 19.3. The molecule has 0 aromatic heterocycles. The lowest BCUT2D eigenvalue weighted by atomic mass is 9.84. The summed E-state index contributed by atoms with van der Waals surface area (Å²) >= 11 is 0. The van der Waals surface area contributed by atoms with Crippen molar-refractivity contribution in [2.45, 2.75) is 57.9 Å². The fraction of sp³-hybridized carbons (Fsp3) is 0.600. The summed E-state index contributed by atoms with van der Waals surface area (Å²) in [7, 11) is 1.65. The van der Waals surface area contributed by atoms with Gasteiger partial charge in [-0.15, -0.1) is 0 Å². The van der Waals surface area contributed by atoms with Crippen LogP contribution in [0.3, 0.4) is 0 Å². The van der Waals surface area contributed by atoms with E-state index in [1.165, 1.54) is 0 Å². The van der Waals surface area contributed by atoms with Crippen molar-refractivity contribution in [2.75, 3.05) is 20.2 Å². The van der Waals surface area contributed by atoms with Crippen molar-refractivity contribution >= 4 is 11.8 Å². The van der Waals surface area contributed by atoms with Crippen molar-refractivity contribution < 1.29 is 14.3 Å². The van der Waals surface area contributed by atoms with Gasteiger partial charge in [0.2, 0.25) is 11.8 Å². The molecule has 0 aliphatic carbocycles. The van der Waals surface area contributed by atoms with Crippen LogP contribution in [0.1, 0.15) is 52.0 Å². The lowest BCUT2D eigenvalue weighted by molar-refractivity contribution is -0.138. The van der Waals surface area contributed by atoms with E-state index < -0.39 is 0 Å². The summed E-state index contributed by atoms with van der Waals surface area (Å²) < 4.78 is 5.19. The van der Waals surface area contributed by atoms with E-state index in [9.17, 15) is 9.59 Å². The molecule has 138 valence electrons. The maximum absolute atomic E-state index is 12.6. The van der Waals surface area contributed by atoms with Gasteiger partial charge in [-0.2, -0.15) is 0 Å². The highest BCUT2D eigenvalue weighted by atomic mass is 16.5. The van der Waals surface area contributed by atoms with Crippen LogP contribution in [0.15, 0.2) is 24.3 Å². The fourth-order valence-corrected chi connectivity index (χ4v) is 3.27. The molecule has 1 aliphatic rings. The Morgan fingerprint density at radius 2 is 1.96 bits per heavy atom. The predicted octanol–water partition coefficient (Wildman–Crippen LogP) is 2.88. The second-order valence-electron chi connectivity index (χ2n) is 7.33. The molecular weight excluding hydrogens is 316 g/mol. The van der Waals surface area contributed by atoms with Gasteiger partial charge in [-0.05, 0) is 37.0 Å². The Kier molecular flexibility index (Phi) is 6.45. The molecule has 1 heterocycles. The minimum Gasteiger partial charge on any atom is -0.497 e. The molecule has 2 amide bonds. The van der Waals surface area contributed by atoms with Crippen molar-refractivity contribution in [3.8, 4) is 5.75 Å². The molecule has 0 spiro atoms. The third-order valence-electron chi connectivity index (χ3n) is 4.92. The Labute approximate surface area is 150 Å². The summed E-state index contributed by atoms with van der Waals surface area (Å²) in [4.78, 5) is 26.5. The Hall–Kier alpha value is -2.04. The topological polar surface area (TPSA) is 58.6 Å². The number of nitrogens with one attached hydrogen (secondary N) is 1. The number of carbonyl (C=O) groups is 2. The number of ether oxygens (including phenoxy) is 1. The van der Waals surface area contributed by atoms with Crippen molar-refractivity contribution in [3.05, 3.63) is 29.8 Å². The third kappa shape index (κ3) is 4.74. The average Bonchev–Trinajstić information content (AvgIpc) is 3.10.